The van der Waals surface area contributed by atoms with Gasteiger partial charge in [0.15, 0.2) is 0 Å². The van der Waals surface area contributed by atoms with E-state index in [9.17, 15) is 9.50 Å². The van der Waals surface area contributed by atoms with E-state index in [0.717, 1.165) is 16.8 Å². The van der Waals surface area contributed by atoms with Crippen LogP contribution in [-0.2, 0) is 6.42 Å². The molecule has 0 aromatic heterocycles. The first-order valence-corrected chi connectivity index (χ1v) is 6.74. The van der Waals surface area contributed by atoms with Crippen molar-refractivity contribution in [2.75, 3.05) is 19.0 Å². The van der Waals surface area contributed by atoms with E-state index in [-0.39, 0.29) is 5.02 Å². The van der Waals surface area contributed by atoms with Gasteiger partial charge in [-0.3, -0.25) is 0 Å². The highest BCUT2D eigenvalue weighted by Gasteiger charge is 2.11. The molecular formula is C16H17ClFNO. The Labute approximate surface area is 123 Å². The van der Waals surface area contributed by atoms with Crippen LogP contribution >= 0.6 is 11.6 Å². The summed E-state index contributed by atoms with van der Waals surface area (Å²) in [5, 5.41) is 10.4. The van der Waals surface area contributed by atoms with Gasteiger partial charge in [-0.05, 0) is 35.4 Å². The zero-order valence-corrected chi connectivity index (χ0v) is 12.2. The maximum atomic E-state index is 13.1. The maximum Gasteiger partial charge on any atom is 0.141 e. The lowest BCUT2D eigenvalue weighted by molar-refractivity contribution is 0.178. The molecule has 2 rings (SSSR count). The van der Waals surface area contributed by atoms with Gasteiger partial charge < -0.3 is 10.0 Å². The number of benzene rings is 2. The van der Waals surface area contributed by atoms with Crippen LogP contribution in [0.3, 0.4) is 0 Å². The Morgan fingerprint density at radius 2 is 1.95 bits per heavy atom. The number of hydrogen-bond donors (Lipinski definition) is 1. The topological polar surface area (TPSA) is 23.5 Å². The molecule has 1 atom stereocenters. The molecule has 0 aliphatic heterocycles. The molecule has 0 spiro atoms. The van der Waals surface area contributed by atoms with Crippen LogP contribution in [0.4, 0.5) is 10.1 Å². The first kappa shape index (κ1) is 14.8. The van der Waals surface area contributed by atoms with Gasteiger partial charge in [-0.2, -0.15) is 0 Å². The zero-order valence-electron chi connectivity index (χ0n) is 11.5. The second-order valence-corrected chi connectivity index (χ2v) is 5.36. The summed E-state index contributed by atoms with van der Waals surface area (Å²) in [6, 6.07) is 12.2. The highest BCUT2D eigenvalue weighted by atomic mass is 35.5. The van der Waals surface area contributed by atoms with E-state index in [0.29, 0.717) is 6.42 Å². The summed E-state index contributed by atoms with van der Waals surface area (Å²) < 4.78 is 13.1. The summed E-state index contributed by atoms with van der Waals surface area (Å²) in [7, 11) is 3.90. The summed E-state index contributed by atoms with van der Waals surface area (Å²) in [5.41, 5.74) is 2.66. The minimum absolute atomic E-state index is 0.0803. The van der Waals surface area contributed by atoms with Crippen molar-refractivity contribution in [3.05, 3.63) is 64.4 Å². The van der Waals surface area contributed by atoms with Crippen LogP contribution < -0.4 is 4.90 Å². The van der Waals surface area contributed by atoms with E-state index < -0.39 is 11.9 Å². The third-order valence-electron chi connectivity index (χ3n) is 3.18. The molecule has 0 heterocycles. The van der Waals surface area contributed by atoms with E-state index in [4.69, 9.17) is 11.6 Å². The molecule has 1 unspecified atom stereocenters. The van der Waals surface area contributed by atoms with Crippen LogP contribution in [0.1, 0.15) is 17.2 Å². The fraction of sp³-hybridized carbons (Fsp3) is 0.250. The average Bonchev–Trinajstić information content (AvgIpc) is 2.43. The molecule has 0 aliphatic rings. The maximum absolute atomic E-state index is 13.1. The molecule has 106 valence electrons. The Balaban J connectivity index is 2.17. The second-order valence-electron chi connectivity index (χ2n) is 4.96. The van der Waals surface area contributed by atoms with Crippen LogP contribution in [-0.4, -0.2) is 19.2 Å². The Kier molecular flexibility index (Phi) is 4.63. The van der Waals surface area contributed by atoms with Gasteiger partial charge in [0.25, 0.3) is 0 Å². The van der Waals surface area contributed by atoms with Crippen molar-refractivity contribution in [2.45, 2.75) is 12.5 Å². The molecule has 0 bridgehead atoms. The summed E-state index contributed by atoms with van der Waals surface area (Å²) in [6.45, 7) is 0. The lowest BCUT2D eigenvalue weighted by atomic mass is 10.0. The number of aliphatic hydroxyl groups is 1. The summed E-state index contributed by atoms with van der Waals surface area (Å²) in [5.74, 6) is -0.445. The molecule has 2 aromatic carbocycles. The van der Waals surface area contributed by atoms with E-state index >= 15 is 0 Å². The highest BCUT2D eigenvalue weighted by molar-refractivity contribution is 6.30. The fourth-order valence-corrected chi connectivity index (χ4v) is 2.22. The molecule has 0 amide bonds. The van der Waals surface area contributed by atoms with Crippen molar-refractivity contribution in [1.29, 1.82) is 0 Å². The minimum Gasteiger partial charge on any atom is -0.388 e. The second kappa shape index (κ2) is 6.25. The molecular weight excluding hydrogens is 277 g/mol. The van der Waals surface area contributed by atoms with E-state index in [1.165, 1.54) is 6.07 Å². The Bertz CT molecular complexity index is 601. The lowest BCUT2D eigenvalue weighted by Crippen LogP contribution is -2.10. The molecule has 0 aliphatic carbocycles. The van der Waals surface area contributed by atoms with Crippen LogP contribution in [0.15, 0.2) is 42.5 Å². The number of anilines is 1. The van der Waals surface area contributed by atoms with Gasteiger partial charge in [0.05, 0.1) is 11.1 Å². The van der Waals surface area contributed by atoms with Gasteiger partial charge in [-0.1, -0.05) is 29.8 Å². The summed E-state index contributed by atoms with van der Waals surface area (Å²) >= 11 is 5.75. The van der Waals surface area contributed by atoms with Crippen LogP contribution in [0, 0.1) is 5.82 Å². The van der Waals surface area contributed by atoms with E-state index in [1.807, 2.05) is 43.3 Å². The van der Waals surface area contributed by atoms with Crippen molar-refractivity contribution in [3.63, 3.8) is 0 Å². The normalized spacial score (nSPS) is 12.2. The number of nitrogens with zero attached hydrogens (tertiary/aromatic N) is 1. The molecule has 0 saturated heterocycles. The van der Waals surface area contributed by atoms with Crippen molar-refractivity contribution >= 4 is 17.3 Å². The molecule has 20 heavy (non-hydrogen) atoms. The van der Waals surface area contributed by atoms with Gasteiger partial charge in [0.2, 0.25) is 0 Å². The smallest absolute Gasteiger partial charge is 0.141 e. The van der Waals surface area contributed by atoms with Crippen molar-refractivity contribution in [2.24, 2.45) is 0 Å². The number of hydrogen-bond acceptors (Lipinski definition) is 2. The quantitative estimate of drug-likeness (QED) is 0.926. The number of rotatable bonds is 4. The third-order valence-corrected chi connectivity index (χ3v) is 3.47. The molecule has 1 N–H and O–H groups in total. The average molecular weight is 294 g/mol. The minimum atomic E-state index is -0.642. The Hall–Kier alpha value is -1.58. The van der Waals surface area contributed by atoms with Crippen LogP contribution in [0.25, 0.3) is 0 Å². The summed E-state index contributed by atoms with van der Waals surface area (Å²) in [6.07, 6.45) is -0.243. The van der Waals surface area contributed by atoms with Gasteiger partial charge >= 0.3 is 0 Å². The van der Waals surface area contributed by atoms with Gasteiger partial charge in [0, 0.05) is 26.2 Å². The fourth-order valence-electron chi connectivity index (χ4n) is 2.02. The molecule has 4 heteroatoms. The first-order valence-electron chi connectivity index (χ1n) is 6.36. The van der Waals surface area contributed by atoms with E-state index in [2.05, 4.69) is 0 Å². The van der Waals surface area contributed by atoms with Crippen molar-refractivity contribution < 1.29 is 9.50 Å². The third kappa shape index (κ3) is 3.50. The summed E-state index contributed by atoms with van der Waals surface area (Å²) in [4.78, 5) is 1.98. The predicted molar refractivity (Wildman–Crippen MR) is 80.8 cm³/mol. The predicted octanol–water partition coefficient (Wildman–Crippen LogP) is 3.82. The lowest BCUT2D eigenvalue weighted by Gasteiger charge is -2.16. The van der Waals surface area contributed by atoms with E-state index in [1.54, 1.807) is 12.1 Å². The molecule has 0 fully saturated rings. The SMILES string of the molecule is CN(C)c1cccc(C(O)Cc2ccc(F)c(Cl)c2)c1. The first-order chi connectivity index (χ1) is 9.47. The van der Waals surface area contributed by atoms with Gasteiger partial charge in [-0.15, -0.1) is 0 Å². The zero-order chi connectivity index (χ0) is 14.7. The molecule has 0 saturated carbocycles. The van der Waals surface area contributed by atoms with Crippen molar-refractivity contribution in [3.8, 4) is 0 Å². The number of aliphatic hydroxyl groups excluding tert-OH is 1. The highest BCUT2D eigenvalue weighted by Crippen LogP contribution is 2.24. The standard InChI is InChI=1S/C16H17ClFNO/c1-19(2)13-5-3-4-12(10-13)16(20)9-11-6-7-15(18)14(17)8-11/h3-8,10,16,20H,9H2,1-2H3. The van der Waals surface area contributed by atoms with Crippen molar-refractivity contribution in [1.82, 2.24) is 0 Å². The molecule has 0 radical (unpaired) electrons. The van der Waals surface area contributed by atoms with Crippen LogP contribution in [0.2, 0.25) is 5.02 Å². The Morgan fingerprint density at radius 1 is 1.20 bits per heavy atom. The van der Waals surface area contributed by atoms with Gasteiger partial charge in [0.1, 0.15) is 5.82 Å². The van der Waals surface area contributed by atoms with Crippen LogP contribution in [0.5, 0.6) is 0 Å². The number of halogens is 2. The van der Waals surface area contributed by atoms with Gasteiger partial charge in [-0.25, -0.2) is 4.39 Å². The largest absolute Gasteiger partial charge is 0.388 e. The Morgan fingerprint density at radius 3 is 2.60 bits per heavy atom. The monoisotopic (exact) mass is 293 g/mol. The molecule has 2 nitrogen and oxygen atoms in total. The molecule has 2 aromatic rings.